The summed E-state index contributed by atoms with van der Waals surface area (Å²) in [5.74, 6) is -1.91. The van der Waals surface area contributed by atoms with Crippen LogP contribution in [-0.2, 0) is 22.4 Å². The lowest BCUT2D eigenvalue weighted by Crippen LogP contribution is -2.07. The van der Waals surface area contributed by atoms with E-state index in [-0.39, 0.29) is 12.8 Å². The first kappa shape index (κ1) is 15.9. The Kier molecular flexibility index (Phi) is 4.61. The van der Waals surface area contributed by atoms with E-state index >= 15 is 0 Å². The number of carboxylic acid groups (broad SMARTS) is 2. The third-order valence-corrected chi connectivity index (χ3v) is 6.64. The van der Waals surface area contributed by atoms with Gasteiger partial charge in [0.25, 0.3) is 0 Å². The molecule has 2 N–H and O–H groups in total. The summed E-state index contributed by atoms with van der Waals surface area (Å²) in [5, 5.41) is 22.4. The van der Waals surface area contributed by atoms with E-state index in [1.807, 2.05) is 35.0 Å². The summed E-state index contributed by atoms with van der Waals surface area (Å²) in [6, 6.07) is 7.69. The van der Waals surface area contributed by atoms with Gasteiger partial charge in [0.1, 0.15) is 0 Å². The van der Waals surface area contributed by atoms with Crippen LogP contribution in [-0.4, -0.2) is 22.2 Å². The van der Waals surface area contributed by atoms with Gasteiger partial charge < -0.3 is 10.2 Å². The van der Waals surface area contributed by atoms with Gasteiger partial charge in [-0.2, -0.15) is 0 Å². The van der Waals surface area contributed by atoms with Gasteiger partial charge in [0, 0.05) is 19.5 Å². The Morgan fingerprint density at radius 2 is 1.26 bits per heavy atom. The first-order valence-electron chi connectivity index (χ1n) is 6.72. The molecule has 0 spiro atoms. The van der Waals surface area contributed by atoms with Crippen LogP contribution in [0.3, 0.4) is 0 Å². The summed E-state index contributed by atoms with van der Waals surface area (Å²) >= 11 is 4.54. The molecule has 0 fully saturated rings. The van der Waals surface area contributed by atoms with Crippen molar-refractivity contribution in [2.75, 3.05) is 0 Å². The Hall–Kier alpha value is -1.96. The van der Waals surface area contributed by atoms with Crippen molar-refractivity contribution >= 4 is 45.9 Å². The number of rotatable bonds is 6. The van der Waals surface area contributed by atoms with Crippen molar-refractivity contribution in [1.82, 2.24) is 0 Å². The zero-order valence-corrected chi connectivity index (χ0v) is 14.3. The molecule has 0 aliphatic heterocycles. The lowest BCUT2D eigenvalue weighted by Gasteiger charge is -2.04. The first-order valence-corrected chi connectivity index (χ1v) is 9.29. The van der Waals surface area contributed by atoms with Crippen LogP contribution in [0.25, 0.3) is 19.5 Å². The highest BCUT2D eigenvalue weighted by molar-refractivity contribution is 7.26. The van der Waals surface area contributed by atoms with Gasteiger partial charge in [-0.1, -0.05) is 12.1 Å². The monoisotopic (exact) mass is 364 g/mol. The molecule has 0 aliphatic carbocycles. The molecule has 0 atom stereocenters. The molecular weight excluding hydrogens is 352 g/mol. The van der Waals surface area contributed by atoms with Crippen LogP contribution in [0.5, 0.6) is 0 Å². The number of hydrogen-bond donors (Lipinski definition) is 2. The van der Waals surface area contributed by atoms with Gasteiger partial charge in [-0.05, 0) is 34.0 Å². The second kappa shape index (κ2) is 6.66. The molecule has 3 aromatic rings. The van der Waals surface area contributed by atoms with E-state index in [4.69, 9.17) is 0 Å². The molecule has 118 valence electrons. The zero-order chi connectivity index (χ0) is 16.4. The number of carbonyl (C=O) groups is 2. The van der Waals surface area contributed by atoms with Crippen molar-refractivity contribution in [3.05, 3.63) is 46.2 Å². The molecule has 4 nitrogen and oxygen atoms in total. The Morgan fingerprint density at radius 3 is 1.57 bits per heavy atom. The number of carboxylic acids is 2. The van der Waals surface area contributed by atoms with Crippen molar-refractivity contribution < 1.29 is 19.8 Å². The standard InChI is InChI=1S/C16H12O4S3/c17-13(18)7-9-10(8-14(19)20)16(12-4-2-6-22-12)23-15(9)11-3-1-5-21-11/h1-6H,7-8H2,(H,17,18)(H,19,20). The predicted octanol–water partition coefficient (Wildman–Crippen LogP) is 4.46. The molecule has 3 heterocycles. The molecular formula is C16H12O4S3. The average Bonchev–Trinajstić information content (AvgIpc) is 3.19. The highest BCUT2D eigenvalue weighted by Gasteiger charge is 2.24. The Balaban J connectivity index is 2.23. The van der Waals surface area contributed by atoms with Crippen LogP contribution < -0.4 is 0 Å². The van der Waals surface area contributed by atoms with Crippen LogP contribution in [0.2, 0.25) is 0 Å². The predicted molar refractivity (Wildman–Crippen MR) is 93.6 cm³/mol. The van der Waals surface area contributed by atoms with Crippen LogP contribution in [0.4, 0.5) is 0 Å². The maximum Gasteiger partial charge on any atom is 0.307 e. The quantitative estimate of drug-likeness (QED) is 0.677. The molecule has 0 amide bonds. The third-order valence-electron chi connectivity index (χ3n) is 3.26. The van der Waals surface area contributed by atoms with Gasteiger partial charge in [0.05, 0.1) is 12.8 Å². The van der Waals surface area contributed by atoms with E-state index in [0.717, 1.165) is 19.5 Å². The second-order valence-electron chi connectivity index (χ2n) is 4.81. The molecule has 23 heavy (non-hydrogen) atoms. The van der Waals surface area contributed by atoms with Gasteiger partial charge in [-0.3, -0.25) is 9.59 Å². The molecule has 0 aliphatic rings. The molecule has 0 saturated carbocycles. The zero-order valence-electron chi connectivity index (χ0n) is 11.8. The van der Waals surface area contributed by atoms with Crippen molar-refractivity contribution in [2.45, 2.75) is 12.8 Å². The molecule has 0 radical (unpaired) electrons. The number of thiophene rings is 3. The van der Waals surface area contributed by atoms with Gasteiger partial charge in [-0.15, -0.1) is 34.0 Å². The summed E-state index contributed by atoms with van der Waals surface area (Å²) in [6.07, 6.45) is -0.338. The molecule has 3 aromatic heterocycles. The van der Waals surface area contributed by atoms with E-state index in [0.29, 0.717) is 11.1 Å². The maximum atomic E-state index is 11.3. The van der Waals surface area contributed by atoms with E-state index in [1.54, 1.807) is 0 Å². The van der Waals surface area contributed by atoms with E-state index < -0.39 is 11.9 Å². The minimum Gasteiger partial charge on any atom is -0.481 e. The van der Waals surface area contributed by atoms with E-state index in [2.05, 4.69) is 0 Å². The molecule has 0 saturated heterocycles. The Labute approximate surface area is 144 Å². The summed E-state index contributed by atoms with van der Waals surface area (Å²) < 4.78 is 0. The van der Waals surface area contributed by atoms with E-state index in [1.165, 1.54) is 34.0 Å². The fourth-order valence-corrected chi connectivity index (χ4v) is 5.49. The SMILES string of the molecule is O=C(O)Cc1c(-c2cccs2)sc(-c2cccs2)c1CC(=O)O. The smallest absolute Gasteiger partial charge is 0.307 e. The van der Waals surface area contributed by atoms with Crippen molar-refractivity contribution in [2.24, 2.45) is 0 Å². The van der Waals surface area contributed by atoms with Crippen LogP contribution in [0.1, 0.15) is 11.1 Å². The average molecular weight is 364 g/mol. The molecule has 3 rings (SSSR count). The fraction of sp³-hybridized carbons (Fsp3) is 0.125. The first-order chi connectivity index (χ1) is 11.1. The summed E-state index contributed by atoms with van der Waals surface area (Å²) in [6.45, 7) is 0. The van der Waals surface area contributed by atoms with Gasteiger partial charge >= 0.3 is 11.9 Å². The summed E-state index contributed by atoms with van der Waals surface area (Å²) in [5.41, 5.74) is 1.24. The minimum absolute atomic E-state index is 0.169. The summed E-state index contributed by atoms with van der Waals surface area (Å²) in [4.78, 5) is 26.2. The van der Waals surface area contributed by atoms with Crippen LogP contribution >= 0.6 is 34.0 Å². The number of hydrogen-bond acceptors (Lipinski definition) is 5. The van der Waals surface area contributed by atoms with Crippen molar-refractivity contribution in [1.29, 1.82) is 0 Å². The lowest BCUT2D eigenvalue weighted by atomic mass is 10.0. The van der Waals surface area contributed by atoms with Gasteiger partial charge in [0.15, 0.2) is 0 Å². The Morgan fingerprint density at radius 1 is 0.826 bits per heavy atom. The molecule has 0 bridgehead atoms. The fourth-order valence-electron chi connectivity index (χ4n) is 2.39. The second-order valence-corrected chi connectivity index (χ2v) is 7.73. The van der Waals surface area contributed by atoms with Gasteiger partial charge in [0.2, 0.25) is 0 Å². The highest BCUT2D eigenvalue weighted by atomic mass is 32.1. The number of aliphatic carboxylic acids is 2. The van der Waals surface area contributed by atoms with Crippen molar-refractivity contribution in [3.8, 4) is 19.5 Å². The third kappa shape index (κ3) is 3.36. The van der Waals surface area contributed by atoms with E-state index in [9.17, 15) is 19.8 Å². The Bertz CT molecular complexity index is 760. The van der Waals surface area contributed by atoms with Crippen LogP contribution in [0.15, 0.2) is 35.0 Å². The minimum atomic E-state index is -0.954. The molecule has 0 unspecified atom stereocenters. The topological polar surface area (TPSA) is 74.6 Å². The van der Waals surface area contributed by atoms with Gasteiger partial charge in [-0.25, -0.2) is 0 Å². The highest BCUT2D eigenvalue weighted by Crippen LogP contribution is 2.45. The molecule has 7 heteroatoms. The van der Waals surface area contributed by atoms with Crippen molar-refractivity contribution in [3.63, 3.8) is 0 Å². The summed E-state index contributed by atoms with van der Waals surface area (Å²) in [7, 11) is 0. The lowest BCUT2D eigenvalue weighted by molar-refractivity contribution is -0.137. The maximum absolute atomic E-state index is 11.3. The van der Waals surface area contributed by atoms with Crippen LogP contribution in [0, 0.1) is 0 Å². The largest absolute Gasteiger partial charge is 0.481 e. The molecule has 0 aromatic carbocycles. The normalized spacial score (nSPS) is 10.8.